The maximum absolute atomic E-state index is 11.4. The van der Waals surface area contributed by atoms with Gasteiger partial charge in [0.2, 0.25) is 0 Å². The smallest absolute Gasteiger partial charge is 0.354 e. The first-order valence-corrected chi connectivity index (χ1v) is 5.06. The Morgan fingerprint density at radius 2 is 2.38 bits per heavy atom. The van der Waals surface area contributed by atoms with Gasteiger partial charge in [0.1, 0.15) is 5.69 Å². The van der Waals surface area contributed by atoms with E-state index in [1.807, 2.05) is 24.3 Å². The minimum absolute atomic E-state index is 0.347. The molecule has 0 aliphatic rings. The summed E-state index contributed by atoms with van der Waals surface area (Å²) >= 11 is 0. The molecule has 0 saturated heterocycles. The summed E-state index contributed by atoms with van der Waals surface area (Å²) in [5.74, 6) is -0.347. The van der Waals surface area contributed by atoms with Crippen LogP contribution in [0.25, 0.3) is 10.9 Å². The second-order valence-electron chi connectivity index (χ2n) is 3.55. The monoisotopic (exact) mass is 215 g/mol. The number of hydrogen-bond acceptors (Lipinski definition) is 2. The lowest BCUT2D eigenvalue weighted by molar-refractivity contribution is 0.0595. The number of hydrogen-bond donors (Lipinski definition) is 1. The van der Waals surface area contributed by atoms with Crippen LogP contribution in [0.1, 0.15) is 16.1 Å². The molecule has 3 nitrogen and oxygen atoms in total. The zero-order chi connectivity index (χ0) is 11.5. The lowest BCUT2D eigenvalue weighted by Gasteiger charge is -1.98. The molecule has 1 aromatic heterocycles. The molecule has 0 saturated carbocycles. The maximum atomic E-state index is 11.4. The van der Waals surface area contributed by atoms with Crippen molar-refractivity contribution in [3.05, 3.63) is 48.2 Å². The zero-order valence-electron chi connectivity index (χ0n) is 9.12. The van der Waals surface area contributed by atoms with Crippen LogP contribution in [-0.4, -0.2) is 18.1 Å². The molecule has 0 radical (unpaired) electrons. The number of carbonyl (C=O) groups is 1. The van der Waals surface area contributed by atoms with E-state index in [2.05, 4.69) is 16.3 Å². The van der Waals surface area contributed by atoms with Crippen molar-refractivity contribution in [1.29, 1.82) is 0 Å². The normalized spacial score (nSPS) is 10.3. The van der Waals surface area contributed by atoms with Crippen molar-refractivity contribution < 1.29 is 9.53 Å². The summed E-state index contributed by atoms with van der Waals surface area (Å²) < 4.78 is 4.68. The molecule has 3 heteroatoms. The molecule has 0 aliphatic heterocycles. The Hall–Kier alpha value is -2.03. The molecule has 16 heavy (non-hydrogen) atoms. The van der Waals surface area contributed by atoms with Gasteiger partial charge < -0.3 is 9.72 Å². The Morgan fingerprint density at radius 3 is 3.06 bits per heavy atom. The largest absolute Gasteiger partial charge is 0.464 e. The number of esters is 1. The van der Waals surface area contributed by atoms with E-state index in [1.54, 1.807) is 6.07 Å². The van der Waals surface area contributed by atoms with Crippen LogP contribution in [0.4, 0.5) is 0 Å². The van der Waals surface area contributed by atoms with Crippen molar-refractivity contribution in [3.63, 3.8) is 0 Å². The Labute approximate surface area is 93.7 Å². The third-order valence-electron chi connectivity index (χ3n) is 2.51. The predicted octanol–water partition coefficient (Wildman–Crippen LogP) is 2.68. The number of aromatic amines is 1. The van der Waals surface area contributed by atoms with Gasteiger partial charge in [0.05, 0.1) is 7.11 Å². The first kappa shape index (κ1) is 10.5. The summed E-state index contributed by atoms with van der Waals surface area (Å²) in [6.45, 7) is 3.72. The van der Waals surface area contributed by atoms with Gasteiger partial charge in [-0.15, -0.1) is 6.58 Å². The van der Waals surface area contributed by atoms with Crippen LogP contribution in [0.15, 0.2) is 36.9 Å². The van der Waals surface area contributed by atoms with Gasteiger partial charge in [-0.3, -0.25) is 0 Å². The molecule has 0 spiro atoms. The average Bonchev–Trinajstić information content (AvgIpc) is 2.73. The molecule has 0 amide bonds. The Balaban J connectivity index is 2.56. The fraction of sp³-hybridized carbons (Fsp3) is 0.154. The second kappa shape index (κ2) is 4.23. The van der Waals surface area contributed by atoms with E-state index < -0.39 is 0 Å². The van der Waals surface area contributed by atoms with E-state index in [4.69, 9.17) is 0 Å². The number of H-pyrrole nitrogens is 1. The van der Waals surface area contributed by atoms with Gasteiger partial charge in [-0.05, 0) is 18.1 Å². The molecule has 82 valence electrons. The standard InChI is InChI=1S/C13H13NO2/c1-3-5-9-6-4-7-10-8-11(13(15)16-2)14-12(9)10/h3-4,6-8,14H,1,5H2,2H3. The minimum Gasteiger partial charge on any atom is -0.464 e. The lowest BCUT2D eigenvalue weighted by atomic mass is 10.1. The van der Waals surface area contributed by atoms with Gasteiger partial charge in [-0.2, -0.15) is 0 Å². The van der Waals surface area contributed by atoms with Crippen LogP contribution in [0, 0.1) is 0 Å². The summed E-state index contributed by atoms with van der Waals surface area (Å²) in [6.07, 6.45) is 2.62. The van der Waals surface area contributed by atoms with Crippen LogP contribution in [0.3, 0.4) is 0 Å². The number of benzene rings is 1. The van der Waals surface area contributed by atoms with Crippen LogP contribution < -0.4 is 0 Å². The molecular weight excluding hydrogens is 202 g/mol. The van der Waals surface area contributed by atoms with Crippen molar-refractivity contribution in [2.45, 2.75) is 6.42 Å². The number of nitrogens with one attached hydrogen (secondary N) is 1. The second-order valence-corrected chi connectivity index (χ2v) is 3.55. The highest BCUT2D eigenvalue weighted by atomic mass is 16.5. The third-order valence-corrected chi connectivity index (χ3v) is 2.51. The quantitative estimate of drug-likeness (QED) is 0.631. The third kappa shape index (κ3) is 1.72. The lowest BCUT2D eigenvalue weighted by Crippen LogP contribution is -2.00. The van der Waals surface area contributed by atoms with Gasteiger partial charge >= 0.3 is 5.97 Å². The number of allylic oxidation sites excluding steroid dienone is 1. The molecule has 0 atom stereocenters. The molecule has 0 unspecified atom stereocenters. The highest BCUT2D eigenvalue weighted by molar-refractivity contribution is 5.95. The maximum Gasteiger partial charge on any atom is 0.354 e. The van der Waals surface area contributed by atoms with E-state index in [0.29, 0.717) is 5.69 Å². The van der Waals surface area contributed by atoms with Gasteiger partial charge in [-0.1, -0.05) is 24.3 Å². The van der Waals surface area contributed by atoms with Gasteiger partial charge in [-0.25, -0.2) is 4.79 Å². The van der Waals surface area contributed by atoms with E-state index in [0.717, 1.165) is 22.9 Å². The molecule has 1 heterocycles. The van der Waals surface area contributed by atoms with Crippen LogP contribution >= 0.6 is 0 Å². The molecule has 0 bridgehead atoms. The first-order valence-electron chi connectivity index (χ1n) is 5.06. The van der Waals surface area contributed by atoms with E-state index >= 15 is 0 Å². The van der Waals surface area contributed by atoms with Crippen molar-refractivity contribution in [2.24, 2.45) is 0 Å². The van der Waals surface area contributed by atoms with Crippen LogP contribution in [0.5, 0.6) is 0 Å². The first-order chi connectivity index (χ1) is 7.76. The topological polar surface area (TPSA) is 42.1 Å². The number of methoxy groups -OCH3 is 1. The molecule has 1 N–H and O–H groups in total. The zero-order valence-corrected chi connectivity index (χ0v) is 9.12. The highest BCUT2D eigenvalue weighted by Gasteiger charge is 2.10. The van der Waals surface area contributed by atoms with Crippen molar-refractivity contribution >= 4 is 16.9 Å². The van der Waals surface area contributed by atoms with Gasteiger partial charge in [0.25, 0.3) is 0 Å². The number of fused-ring (bicyclic) bond motifs is 1. The number of rotatable bonds is 3. The molecule has 0 fully saturated rings. The predicted molar refractivity (Wildman–Crippen MR) is 63.5 cm³/mol. The van der Waals surface area contributed by atoms with E-state index in [-0.39, 0.29) is 5.97 Å². The summed E-state index contributed by atoms with van der Waals surface area (Å²) in [7, 11) is 1.37. The fourth-order valence-electron chi connectivity index (χ4n) is 1.76. The number of carbonyl (C=O) groups excluding carboxylic acids is 1. The van der Waals surface area contributed by atoms with Crippen molar-refractivity contribution in [2.75, 3.05) is 7.11 Å². The Bertz CT molecular complexity index is 540. The van der Waals surface area contributed by atoms with Crippen molar-refractivity contribution in [1.82, 2.24) is 4.98 Å². The van der Waals surface area contributed by atoms with Gasteiger partial charge in [0.15, 0.2) is 0 Å². The van der Waals surface area contributed by atoms with Crippen LogP contribution in [-0.2, 0) is 11.2 Å². The van der Waals surface area contributed by atoms with Crippen LogP contribution in [0.2, 0.25) is 0 Å². The summed E-state index contributed by atoms with van der Waals surface area (Å²) in [4.78, 5) is 14.5. The average molecular weight is 215 g/mol. The van der Waals surface area contributed by atoms with E-state index in [9.17, 15) is 4.79 Å². The highest BCUT2D eigenvalue weighted by Crippen LogP contribution is 2.20. The minimum atomic E-state index is -0.347. The summed E-state index contributed by atoms with van der Waals surface area (Å²) in [5, 5.41) is 1.01. The number of aromatic nitrogens is 1. The van der Waals surface area contributed by atoms with Crippen molar-refractivity contribution in [3.8, 4) is 0 Å². The molecule has 1 aromatic carbocycles. The Kier molecular flexibility index (Phi) is 2.77. The molecule has 2 aromatic rings. The summed E-state index contributed by atoms with van der Waals surface area (Å²) in [6, 6.07) is 7.75. The number of ether oxygens (including phenoxy) is 1. The molecule has 0 aliphatic carbocycles. The fourth-order valence-corrected chi connectivity index (χ4v) is 1.76. The number of para-hydroxylation sites is 1. The molecular formula is C13H13NO2. The molecule has 2 rings (SSSR count). The summed E-state index contributed by atoms with van der Waals surface area (Å²) in [5.41, 5.74) is 2.58. The van der Waals surface area contributed by atoms with E-state index in [1.165, 1.54) is 7.11 Å². The Morgan fingerprint density at radius 1 is 1.56 bits per heavy atom. The SMILES string of the molecule is C=CCc1cccc2cc(C(=O)OC)[nH]c12. The van der Waals surface area contributed by atoms with Gasteiger partial charge in [0, 0.05) is 10.9 Å².